The van der Waals surface area contributed by atoms with E-state index in [2.05, 4.69) is 26.8 Å². The minimum absolute atomic E-state index is 0.205. The summed E-state index contributed by atoms with van der Waals surface area (Å²) in [6.45, 7) is 5.59. The molecule has 1 saturated carbocycles. The van der Waals surface area contributed by atoms with Gasteiger partial charge in [0.15, 0.2) is 0 Å². The molecule has 0 bridgehead atoms. The van der Waals surface area contributed by atoms with Gasteiger partial charge in [0.25, 0.3) is 5.92 Å². The van der Waals surface area contributed by atoms with E-state index in [1.165, 1.54) is 0 Å². The highest BCUT2D eigenvalue weighted by Gasteiger charge is 2.61. The number of aliphatic hydroxyl groups is 1. The Balaban J connectivity index is 1.54. The van der Waals surface area contributed by atoms with Crippen molar-refractivity contribution in [3.05, 3.63) is 66.9 Å². The number of hydrogen-bond acceptors (Lipinski definition) is 5. The largest absolute Gasteiger partial charge is 0.386 e. The topological polar surface area (TPSA) is 92.4 Å². The predicted octanol–water partition coefficient (Wildman–Crippen LogP) is 4.46. The number of fused-ring (bicyclic) bond motifs is 3. The summed E-state index contributed by atoms with van der Waals surface area (Å²) >= 11 is 0. The summed E-state index contributed by atoms with van der Waals surface area (Å²) in [6, 6.07) is 5.42. The molecule has 1 unspecified atom stereocenters. The molecule has 1 aliphatic rings. The number of imidazole rings is 1. The van der Waals surface area contributed by atoms with Gasteiger partial charge >= 0.3 is 0 Å². The standard InChI is InChI=1S/C24H21F2N5O2/c1-3-4-20(32)18-7-13(2)16(12-28-18)15-8-14-11-29-21(30-23(33)17-10-24(17,25)26)9-19(14)31-6-5-27-22(15)31/h3,5-9,11-12,17,20,32H,1,4,10H2,2H3,(H,29,30,33)/t17-,20?/m1/s1. The van der Waals surface area contributed by atoms with Crippen LogP contribution in [0.4, 0.5) is 14.6 Å². The zero-order valence-electron chi connectivity index (χ0n) is 17.8. The molecule has 9 heteroatoms. The quantitative estimate of drug-likeness (QED) is 0.424. The van der Waals surface area contributed by atoms with E-state index in [1.807, 2.05) is 23.5 Å². The fourth-order valence-electron chi connectivity index (χ4n) is 3.99. The Hall–Kier alpha value is -3.72. The number of amides is 1. The second-order valence-corrected chi connectivity index (χ2v) is 8.28. The van der Waals surface area contributed by atoms with Gasteiger partial charge in [0, 0.05) is 53.8 Å². The number of nitrogens with zero attached hydrogens (tertiary/aromatic N) is 4. The SMILES string of the molecule is C=CCC(O)c1cc(C)c(-c2cc3cnc(NC(=O)[C@H]4CC4(F)F)cc3n3ccnc23)cn1. The van der Waals surface area contributed by atoms with Crippen molar-refractivity contribution in [2.75, 3.05) is 5.32 Å². The average molecular weight is 449 g/mol. The molecule has 0 radical (unpaired) electrons. The lowest BCUT2D eigenvalue weighted by Gasteiger charge is -2.14. The van der Waals surface area contributed by atoms with Crippen molar-refractivity contribution < 1.29 is 18.7 Å². The first kappa shape index (κ1) is 21.1. The Morgan fingerprint density at radius 2 is 2.09 bits per heavy atom. The van der Waals surface area contributed by atoms with E-state index in [0.717, 1.165) is 27.6 Å². The van der Waals surface area contributed by atoms with E-state index in [9.17, 15) is 18.7 Å². The summed E-state index contributed by atoms with van der Waals surface area (Å²) < 4.78 is 28.3. The van der Waals surface area contributed by atoms with Crippen molar-refractivity contribution in [3.8, 4) is 11.1 Å². The maximum Gasteiger partial charge on any atom is 0.260 e. The molecule has 33 heavy (non-hydrogen) atoms. The molecule has 1 fully saturated rings. The van der Waals surface area contributed by atoms with Crippen LogP contribution in [-0.2, 0) is 4.79 Å². The summed E-state index contributed by atoms with van der Waals surface area (Å²) in [6.07, 6.45) is 7.65. The molecule has 7 nitrogen and oxygen atoms in total. The third kappa shape index (κ3) is 3.74. The van der Waals surface area contributed by atoms with Gasteiger partial charge in [-0.2, -0.15) is 0 Å². The highest BCUT2D eigenvalue weighted by molar-refractivity contribution is 5.97. The number of carbonyl (C=O) groups is 1. The fraction of sp³-hybridized carbons (Fsp3) is 0.250. The second-order valence-electron chi connectivity index (χ2n) is 8.28. The van der Waals surface area contributed by atoms with E-state index in [-0.39, 0.29) is 5.82 Å². The Morgan fingerprint density at radius 3 is 2.79 bits per heavy atom. The van der Waals surface area contributed by atoms with Crippen LogP contribution in [0.5, 0.6) is 0 Å². The molecule has 5 rings (SSSR count). The molecule has 2 N–H and O–H groups in total. The highest BCUT2D eigenvalue weighted by atomic mass is 19.3. The van der Waals surface area contributed by atoms with E-state index in [1.54, 1.807) is 36.9 Å². The zero-order valence-corrected chi connectivity index (χ0v) is 17.8. The molecule has 4 aromatic heterocycles. The van der Waals surface area contributed by atoms with Gasteiger partial charge in [-0.15, -0.1) is 6.58 Å². The minimum atomic E-state index is -2.93. The summed E-state index contributed by atoms with van der Waals surface area (Å²) in [4.78, 5) is 25.2. The molecular weight excluding hydrogens is 428 g/mol. The lowest BCUT2D eigenvalue weighted by atomic mass is 10.0. The number of aliphatic hydroxyl groups excluding tert-OH is 1. The third-order valence-electron chi connectivity index (χ3n) is 5.90. The van der Waals surface area contributed by atoms with Crippen LogP contribution in [0.15, 0.2) is 55.6 Å². The number of hydrogen-bond donors (Lipinski definition) is 2. The molecule has 2 atom stereocenters. The minimum Gasteiger partial charge on any atom is -0.386 e. The molecule has 0 aliphatic heterocycles. The Morgan fingerprint density at radius 1 is 1.30 bits per heavy atom. The smallest absolute Gasteiger partial charge is 0.260 e. The van der Waals surface area contributed by atoms with Crippen LogP contribution in [0.3, 0.4) is 0 Å². The fourth-order valence-corrected chi connectivity index (χ4v) is 3.99. The molecule has 168 valence electrons. The number of rotatable bonds is 6. The molecule has 0 saturated heterocycles. The average Bonchev–Trinajstić information content (AvgIpc) is 3.18. The zero-order chi connectivity index (χ0) is 23.3. The number of nitrogens with one attached hydrogen (secondary N) is 1. The lowest BCUT2D eigenvalue weighted by molar-refractivity contribution is -0.119. The van der Waals surface area contributed by atoms with Crippen LogP contribution in [0.1, 0.15) is 30.2 Å². The maximum atomic E-state index is 13.2. The summed E-state index contributed by atoms with van der Waals surface area (Å²) in [5.74, 6) is -4.76. The van der Waals surface area contributed by atoms with Crippen molar-refractivity contribution in [2.24, 2.45) is 5.92 Å². The second kappa shape index (κ2) is 7.70. The van der Waals surface area contributed by atoms with Crippen LogP contribution in [0.25, 0.3) is 27.7 Å². The van der Waals surface area contributed by atoms with Gasteiger partial charge in [-0.3, -0.25) is 14.2 Å². The van der Waals surface area contributed by atoms with Gasteiger partial charge < -0.3 is 10.4 Å². The predicted molar refractivity (Wildman–Crippen MR) is 120 cm³/mol. The third-order valence-corrected chi connectivity index (χ3v) is 5.90. The number of anilines is 1. The number of alkyl halides is 2. The molecule has 1 amide bonds. The van der Waals surface area contributed by atoms with Crippen molar-refractivity contribution in [2.45, 2.75) is 31.8 Å². The number of aromatic nitrogens is 4. The van der Waals surface area contributed by atoms with Gasteiger partial charge in [-0.05, 0) is 31.0 Å². The normalized spacial score (nSPS) is 17.8. The van der Waals surface area contributed by atoms with Gasteiger partial charge in [0.1, 0.15) is 17.4 Å². The summed E-state index contributed by atoms with van der Waals surface area (Å²) in [5, 5.41) is 13.5. The number of halogens is 2. The molecule has 4 aromatic rings. The van der Waals surface area contributed by atoms with E-state index >= 15 is 0 Å². The Bertz CT molecular complexity index is 1420. The van der Waals surface area contributed by atoms with Gasteiger partial charge in [0.2, 0.25) is 5.91 Å². The molecule has 0 aromatic carbocycles. The highest BCUT2D eigenvalue weighted by Crippen LogP contribution is 2.49. The monoisotopic (exact) mass is 449 g/mol. The lowest BCUT2D eigenvalue weighted by Crippen LogP contribution is -2.18. The summed E-state index contributed by atoms with van der Waals surface area (Å²) in [5.41, 5.74) is 4.58. The first-order valence-corrected chi connectivity index (χ1v) is 10.5. The first-order chi connectivity index (χ1) is 15.8. The van der Waals surface area contributed by atoms with Crippen LogP contribution < -0.4 is 5.32 Å². The molecule has 4 heterocycles. The van der Waals surface area contributed by atoms with Crippen LogP contribution >= 0.6 is 0 Å². The van der Waals surface area contributed by atoms with Crippen LogP contribution in [0.2, 0.25) is 0 Å². The van der Waals surface area contributed by atoms with Gasteiger partial charge in [0.05, 0.1) is 17.3 Å². The number of aryl methyl sites for hydroxylation is 1. The molecule has 1 aliphatic carbocycles. The van der Waals surface area contributed by atoms with E-state index in [0.29, 0.717) is 17.8 Å². The molecule has 0 spiro atoms. The molecular formula is C24H21F2N5O2. The van der Waals surface area contributed by atoms with Crippen molar-refractivity contribution in [3.63, 3.8) is 0 Å². The maximum absolute atomic E-state index is 13.2. The summed E-state index contributed by atoms with van der Waals surface area (Å²) in [7, 11) is 0. The van der Waals surface area contributed by atoms with Crippen molar-refractivity contribution in [1.82, 2.24) is 19.4 Å². The number of carbonyl (C=O) groups excluding carboxylic acids is 1. The van der Waals surface area contributed by atoms with Crippen LogP contribution in [-0.4, -0.2) is 36.3 Å². The van der Waals surface area contributed by atoms with Gasteiger partial charge in [-0.1, -0.05) is 6.08 Å². The van der Waals surface area contributed by atoms with Gasteiger partial charge in [-0.25, -0.2) is 18.7 Å². The van der Waals surface area contributed by atoms with Crippen molar-refractivity contribution >= 4 is 28.3 Å². The first-order valence-electron chi connectivity index (χ1n) is 10.5. The number of pyridine rings is 3. The van der Waals surface area contributed by atoms with E-state index in [4.69, 9.17) is 0 Å². The van der Waals surface area contributed by atoms with Crippen molar-refractivity contribution in [1.29, 1.82) is 0 Å². The van der Waals surface area contributed by atoms with Crippen LogP contribution in [0, 0.1) is 12.8 Å². The Labute approximate surface area is 187 Å². The van der Waals surface area contributed by atoms with E-state index < -0.39 is 30.3 Å². The Kier molecular flexibility index (Phi) is 4.93.